The van der Waals surface area contributed by atoms with Crippen LogP contribution in [-0.4, -0.2) is 36.5 Å². The number of hydrogen-bond acceptors (Lipinski definition) is 5. The van der Waals surface area contributed by atoms with Crippen molar-refractivity contribution in [2.75, 3.05) is 25.0 Å². The van der Waals surface area contributed by atoms with Crippen LogP contribution in [0.2, 0.25) is 0 Å². The summed E-state index contributed by atoms with van der Waals surface area (Å²) in [6.07, 6.45) is 5.02. The lowest BCUT2D eigenvalue weighted by atomic mass is 9.99. The summed E-state index contributed by atoms with van der Waals surface area (Å²) in [5.74, 6) is -0.0954. The Balaban J connectivity index is 2.08. The Labute approximate surface area is 160 Å². The molecule has 1 amide bonds. The summed E-state index contributed by atoms with van der Waals surface area (Å²) in [5, 5.41) is 12.3. The fraction of sp³-hybridized carbons (Fsp3) is 0.476. The van der Waals surface area contributed by atoms with Crippen LogP contribution >= 0.6 is 0 Å². The minimum atomic E-state index is -0.421. The van der Waals surface area contributed by atoms with Gasteiger partial charge in [-0.3, -0.25) is 4.79 Å². The summed E-state index contributed by atoms with van der Waals surface area (Å²) in [5.41, 5.74) is 0.909. The molecule has 1 N–H and O–H groups in total. The van der Waals surface area contributed by atoms with Crippen molar-refractivity contribution in [3.05, 3.63) is 41.6 Å². The first kappa shape index (κ1) is 20.5. The first-order chi connectivity index (χ1) is 13.1. The number of hydrogen-bond donors (Lipinski definition) is 1. The van der Waals surface area contributed by atoms with Crippen LogP contribution in [0.15, 0.2) is 36.0 Å². The topological polar surface area (TPSA) is 82.4 Å². The third-order valence-electron chi connectivity index (χ3n) is 4.67. The minimum absolute atomic E-state index is 0.0266. The lowest BCUT2D eigenvalue weighted by Gasteiger charge is -2.30. The summed E-state index contributed by atoms with van der Waals surface area (Å²) in [4.78, 5) is 26.5. The monoisotopic (exact) mass is 369 g/mol. The van der Waals surface area contributed by atoms with E-state index in [1.807, 2.05) is 13.0 Å². The van der Waals surface area contributed by atoms with E-state index in [1.54, 1.807) is 29.2 Å². The van der Waals surface area contributed by atoms with Gasteiger partial charge in [-0.05, 0) is 37.3 Å². The number of likely N-dealkylation sites (tertiary alicyclic amines) is 1. The molecule has 0 unspecified atom stereocenters. The van der Waals surface area contributed by atoms with Crippen LogP contribution in [0.1, 0.15) is 49.9 Å². The van der Waals surface area contributed by atoms with Gasteiger partial charge in [0.1, 0.15) is 11.6 Å². The van der Waals surface area contributed by atoms with Crippen molar-refractivity contribution in [1.29, 1.82) is 5.26 Å². The first-order valence-electron chi connectivity index (χ1n) is 9.49. The van der Waals surface area contributed by atoms with E-state index in [9.17, 15) is 14.9 Å². The van der Waals surface area contributed by atoms with Crippen molar-refractivity contribution in [1.82, 2.24) is 4.90 Å². The van der Waals surface area contributed by atoms with Crippen molar-refractivity contribution in [3.8, 4) is 6.07 Å². The quantitative estimate of drug-likeness (QED) is 0.343. The van der Waals surface area contributed by atoms with Gasteiger partial charge in [0.15, 0.2) is 0 Å². The second-order valence-corrected chi connectivity index (χ2v) is 6.82. The number of ether oxygens (including phenoxy) is 1. The standard InChI is InChI=1S/C21H27N3O3/c1-3-4-13-27-21(26)18-7-5-6-8-19(18)23-15-17(14-22)20(25)24-11-9-16(2)10-12-24/h5-8,15-16,23H,3-4,9-13H2,1-2H3/b17-15-. The lowest BCUT2D eigenvalue weighted by molar-refractivity contribution is -0.128. The average Bonchev–Trinajstić information content (AvgIpc) is 2.69. The number of piperidine rings is 1. The molecule has 0 spiro atoms. The highest BCUT2D eigenvalue weighted by atomic mass is 16.5. The molecule has 0 bridgehead atoms. The molecule has 0 saturated carbocycles. The number of unbranched alkanes of at least 4 members (excludes halogenated alkanes) is 1. The molecule has 144 valence electrons. The van der Waals surface area contributed by atoms with Crippen LogP contribution in [0.4, 0.5) is 5.69 Å². The molecule has 1 aromatic carbocycles. The molecular formula is C21H27N3O3. The van der Waals surface area contributed by atoms with E-state index in [1.165, 1.54) is 6.20 Å². The molecule has 1 saturated heterocycles. The molecule has 2 rings (SSSR count). The first-order valence-corrected chi connectivity index (χ1v) is 9.49. The molecular weight excluding hydrogens is 342 g/mol. The molecule has 1 aliphatic heterocycles. The fourth-order valence-corrected chi connectivity index (χ4v) is 2.85. The van der Waals surface area contributed by atoms with Gasteiger partial charge < -0.3 is 15.0 Å². The highest BCUT2D eigenvalue weighted by molar-refractivity contribution is 5.99. The van der Waals surface area contributed by atoms with Crippen LogP contribution in [-0.2, 0) is 9.53 Å². The highest BCUT2D eigenvalue weighted by Gasteiger charge is 2.23. The van der Waals surface area contributed by atoms with E-state index in [-0.39, 0.29) is 11.5 Å². The predicted octanol–water partition coefficient (Wildman–Crippen LogP) is 3.72. The number of amides is 1. The van der Waals surface area contributed by atoms with Crippen molar-refractivity contribution >= 4 is 17.6 Å². The molecule has 0 atom stereocenters. The van der Waals surface area contributed by atoms with E-state index < -0.39 is 5.97 Å². The molecule has 27 heavy (non-hydrogen) atoms. The van der Waals surface area contributed by atoms with E-state index in [0.717, 1.165) is 25.7 Å². The second kappa shape index (κ2) is 10.4. The van der Waals surface area contributed by atoms with Gasteiger partial charge in [0.25, 0.3) is 5.91 Å². The number of nitrogens with zero attached hydrogens (tertiary/aromatic N) is 2. The van der Waals surface area contributed by atoms with E-state index >= 15 is 0 Å². The normalized spacial score (nSPS) is 15.1. The number of nitriles is 1. The molecule has 6 nitrogen and oxygen atoms in total. The van der Waals surface area contributed by atoms with Crippen LogP contribution in [0, 0.1) is 17.2 Å². The largest absolute Gasteiger partial charge is 0.462 e. The molecule has 1 aliphatic rings. The molecule has 6 heteroatoms. The van der Waals surface area contributed by atoms with Gasteiger partial charge >= 0.3 is 5.97 Å². The molecule has 0 radical (unpaired) electrons. The second-order valence-electron chi connectivity index (χ2n) is 6.82. The van der Waals surface area contributed by atoms with Crippen molar-refractivity contribution in [2.24, 2.45) is 5.92 Å². The number of para-hydroxylation sites is 1. The van der Waals surface area contributed by atoms with Gasteiger partial charge in [-0.25, -0.2) is 4.79 Å². The number of anilines is 1. The number of esters is 1. The minimum Gasteiger partial charge on any atom is -0.462 e. The Morgan fingerprint density at radius 2 is 2.04 bits per heavy atom. The zero-order valence-corrected chi connectivity index (χ0v) is 16.0. The molecule has 0 aromatic heterocycles. The third-order valence-corrected chi connectivity index (χ3v) is 4.67. The number of nitrogens with one attached hydrogen (secondary N) is 1. The Morgan fingerprint density at radius 3 is 2.70 bits per heavy atom. The molecule has 1 aromatic rings. The van der Waals surface area contributed by atoms with Gasteiger partial charge in [-0.2, -0.15) is 5.26 Å². The van der Waals surface area contributed by atoms with Crippen molar-refractivity contribution in [2.45, 2.75) is 39.5 Å². The Hall–Kier alpha value is -2.81. The predicted molar refractivity (Wildman–Crippen MR) is 104 cm³/mol. The third kappa shape index (κ3) is 5.85. The summed E-state index contributed by atoms with van der Waals surface area (Å²) >= 11 is 0. The number of benzene rings is 1. The number of rotatable bonds is 7. The number of carbonyl (C=O) groups excluding carboxylic acids is 2. The summed E-state index contributed by atoms with van der Waals surface area (Å²) in [6.45, 7) is 5.89. The maximum absolute atomic E-state index is 12.6. The summed E-state index contributed by atoms with van der Waals surface area (Å²) in [6, 6.07) is 8.86. The average molecular weight is 369 g/mol. The molecule has 0 aliphatic carbocycles. The Kier molecular flexibility index (Phi) is 7.87. The van der Waals surface area contributed by atoms with Crippen LogP contribution in [0.25, 0.3) is 0 Å². The Bertz CT molecular complexity index is 728. The zero-order chi connectivity index (χ0) is 19.6. The van der Waals surface area contributed by atoms with Crippen LogP contribution < -0.4 is 5.32 Å². The van der Waals surface area contributed by atoms with Gasteiger partial charge in [0.05, 0.1) is 17.9 Å². The van der Waals surface area contributed by atoms with Crippen LogP contribution in [0.5, 0.6) is 0 Å². The number of carbonyl (C=O) groups is 2. The smallest absolute Gasteiger partial charge is 0.340 e. The lowest BCUT2D eigenvalue weighted by Crippen LogP contribution is -2.38. The summed E-state index contributed by atoms with van der Waals surface area (Å²) < 4.78 is 5.26. The maximum Gasteiger partial charge on any atom is 0.340 e. The fourth-order valence-electron chi connectivity index (χ4n) is 2.85. The molecule has 1 fully saturated rings. The maximum atomic E-state index is 12.6. The van der Waals surface area contributed by atoms with E-state index in [4.69, 9.17) is 4.74 Å². The van der Waals surface area contributed by atoms with Gasteiger partial charge in [0, 0.05) is 19.3 Å². The SMILES string of the molecule is CCCCOC(=O)c1ccccc1N/C=C(/C#N)C(=O)N1CCC(C)CC1. The van der Waals surface area contributed by atoms with E-state index in [2.05, 4.69) is 12.2 Å². The van der Waals surface area contributed by atoms with Crippen LogP contribution in [0.3, 0.4) is 0 Å². The van der Waals surface area contributed by atoms with Gasteiger partial charge in [-0.1, -0.05) is 32.4 Å². The Morgan fingerprint density at radius 1 is 1.33 bits per heavy atom. The van der Waals surface area contributed by atoms with Gasteiger partial charge in [0.2, 0.25) is 0 Å². The van der Waals surface area contributed by atoms with Crippen molar-refractivity contribution in [3.63, 3.8) is 0 Å². The van der Waals surface area contributed by atoms with Gasteiger partial charge in [-0.15, -0.1) is 0 Å². The highest BCUT2D eigenvalue weighted by Crippen LogP contribution is 2.19. The van der Waals surface area contributed by atoms with E-state index in [0.29, 0.717) is 36.9 Å². The van der Waals surface area contributed by atoms with Crippen molar-refractivity contribution < 1.29 is 14.3 Å². The zero-order valence-electron chi connectivity index (χ0n) is 16.0. The molecule has 1 heterocycles. The summed E-state index contributed by atoms with van der Waals surface area (Å²) in [7, 11) is 0.